The third kappa shape index (κ3) is 4.21. The number of nitrogens with zero attached hydrogens (tertiary/aromatic N) is 1. The topological polar surface area (TPSA) is 66.6 Å². The Morgan fingerprint density at radius 3 is 2.28 bits per heavy atom. The van der Waals surface area contributed by atoms with E-state index < -0.39 is 36.7 Å². The minimum Gasteiger partial charge on any atom is -0.482 e. The van der Waals surface area contributed by atoms with Crippen LogP contribution in [-0.4, -0.2) is 23.3 Å². The van der Waals surface area contributed by atoms with Gasteiger partial charge in [-0.25, -0.2) is 18.2 Å². The van der Waals surface area contributed by atoms with Crippen molar-refractivity contribution in [2.45, 2.75) is 58.4 Å². The third-order valence-electron chi connectivity index (χ3n) is 5.45. The van der Waals surface area contributed by atoms with Crippen molar-refractivity contribution in [2.75, 3.05) is 5.73 Å². The van der Waals surface area contributed by atoms with E-state index in [1.807, 2.05) is 27.7 Å². The standard InChI is InChI=1S/C20H24BF3N2O3/c1-11(15-9-13(22)6-7-14(15)17(23)24)27-16-8-12(10-26-18(16)25)21-28-19(2,3)20(4,5)29-21/h6-11,17H,1-5H3,(H2,25,26). The van der Waals surface area contributed by atoms with E-state index in [9.17, 15) is 13.2 Å². The highest BCUT2D eigenvalue weighted by Gasteiger charge is 2.52. The first-order valence-corrected chi connectivity index (χ1v) is 9.26. The van der Waals surface area contributed by atoms with E-state index in [1.54, 1.807) is 13.0 Å². The second-order valence-electron chi connectivity index (χ2n) is 8.07. The number of benzene rings is 1. The van der Waals surface area contributed by atoms with Gasteiger partial charge < -0.3 is 19.8 Å². The van der Waals surface area contributed by atoms with Crippen LogP contribution in [0, 0.1) is 5.82 Å². The van der Waals surface area contributed by atoms with Crippen molar-refractivity contribution in [1.82, 2.24) is 4.98 Å². The van der Waals surface area contributed by atoms with Crippen LogP contribution in [0.3, 0.4) is 0 Å². The Kier molecular flexibility index (Phi) is 5.57. The van der Waals surface area contributed by atoms with Gasteiger partial charge in [-0.05, 0) is 52.8 Å². The number of halogens is 3. The molecule has 156 valence electrons. The van der Waals surface area contributed by atoms with E-state index in [1.165, 1.54) is 6.20 Å². The largest absolute Gasteiger partial charge is 0.496 e. The summed E-state index contributed by atoms with van der Waals surface area (Å²) in [5.41, 5.74) is 5.15. The molecule has 9 heteroatoms. The van der Waals surface area contributed by atoms with Gasteiger partial charge in [0.25, 0.3) is 6.43 Å². The van der Waals surface area contributed by atoms with Gasteiger partial charge in [-0.2, -0.15) is 0 Å². The van der Waals surface area contributed by atoms with Crippen molar-refractivity contribution in [2.24, 2.45) is 0 Å². The van der Waals surface area contributed by atoms with Crippen molar-refractivity contribution in [3.8, 4) is 5.75 Å². The zero-order valence-electron chi connectivity index (χ0n) is 17.0. The Labute approximate surface area is 168 Å². The predicted octanol–water partition coefficient (Wildman–Crippen LogP) is 4.18. The molecular weight excluding hydrogens is 384 g/mol. The Morgan fingerprint density at radius 2 is 1.69 bits per heavy atom. The average Bonchev–Trinajstić information content (AvgIpc) is 2.84. The summed E-state index contributed by atoms with van der Waals surface area (Å²) in [5, 5.41) is 0. The van der Waals surface area contributed by atoms with Crippen LogP contribution in [0.2, 0.25) is 0 Å². The molecule has 2 N–H and O–H groups in total. The number of nitrogen functional groups attached to an aromatic ring is 1. The molecule has 1 aliphatic rings. The molecule has 0 aliphatic carbocycles. The average molecular weight is 408 g/mol. The molecule has 0 amide bonds. The maximum atomic E-state index is 13.6. The van der Waals surface area contributed by atoms with Gasteiger partial charge in [-0.15, -0.1) is 0 Å². The van der Waals surface area contributed by atoms with Gasteiger partial charge in [0.1, 0.15) is 11.9 Å². The normalized spacial score (nSPS) is 18.9. The second-order valence-corrected chi connectivity index (χ2v) is 8.07. The van der Waals surface area contributed by atoms with Crippen molar-refractivity contribution >= 4 is 18.4 Å². The van der Waals surface area contributed by atoms with Crippen LogP contribution in [0.4, 0.5) is 19.0 Å². The lowest BCUT2D eigenvalue weighted by Crippen LogP contribution is -2.41. The Hall–Kier alpha value is -2.26. The summed E-state index contributed by atoms with van der Waals surface area (Å²) < 4.78 is 58.0. The molecule has 0 spiro atoms. The molecule has 2 heterocycles. The number of anilines is 1. The molecule has 1 fully saturated rings. The number of aromatic nitrogens is 1. The van der Waals surface area contributed by atoms with Crippen molar-refractivity contribution in [1.29, 1.82) is 0 Å². The quantitative estimate of drug-likeness (QED) is 0.752. The monoisotopic (exact) mass is 408 g/mol. The number of alkyl halides is 2. The highest BCUT2D eigenvalue weighted by atomic mass is 19.3. The number of pyridine rings is 1. The number of hydrogen-bond donors (Lipinski definition) is 1. The van der Waals surface area contributed by atoms with Crippen LogP contribution >= 0.6 is 0 Å². The van der Waals surface area contributed by atoms with E-state index >= 15 is 0 Å². The first kappa shape index (κ1) is 21.5. The fourth-order valence-corrected chi connectivity index (χ4v) is 3.02. The zero-order chi connectivity index (χ0) is 21.6. The van der Waals surface area contributed by atoms with Crippen LogP contribution < -0.4 is 15.9 Å². The Bertz CT molecular complexity index is 893. The molecule has 3 rings (SSSR count). The van der Waals surface area contributed by atoms with Gasteiger partial charge in [0.2, 0.25) is 0 Å². The molecule has 5 nitrogen and oxygen atoms in total. The lowest BCUT2D eigenvalue weighted by atomic mass is 9.80. The van der Waals surface area contributed by atoms with Crippen LogP contribution in [0.15, 0.2) is 30.5 Å². The maximum absolute atomic E-state index is 13.6. The fourth-order valence-electron chi connectivity index (χ4n) is 3.02. The van der Waals surface area contributed by atoms with Crippen LogP contribution in [-0.2, 0) is 9.31 Å². The lowest BCUT2D eigenvalue weighted by Gasteiger charge is -2.32. The Balaban J connectivity index is 1.88. The Morgan fingerprint density at radius 1 is 1.07 bits per heavy atom. The summed E-state index contributed by atoms with van der Waals surface area (Å²) in [6, 6.07) is 4.68. The SMILES string of the molecule is CC(Oc1cc(B2OC(C)(C)C(C)(C)O2)cnc1N)c1cc(F)ccc1C(F)F. The summed E-state index contributed by atoms with van der Waals surface area (Å²) >= 11 is 0. The second kappa shape index (κ2) is 7.53. The van der Waals surface area contributed by atoms with E-state index in [0.29, 0.717) is 5.46 Å². The first-order valence-electron chi connectivity index (χ1n) is 9.26. The maximum Gasteiger partial charge on any atom is 0.496 e. The number of hydrogen-bond acceptors (Lipinski definition) is 5. The van der Waals surface area contributed by atoms with Gasteiger partial charge in [0.05, 0.1) is 11.2 Å². The number of rotatable bonds is 5. The molecule has 0 radical (unpaired) electrons. The number of nitrogens with two attached hydrogens (primary N) is 1. The molecule has 1 aromatic heterocycles. The number of ether oxygens (including phenoxy) is 1. The van der Waals surface area contributed by atoms with Gasteiger partial charge in [-0.1, -0.05) is 6.07 Å². The van der Waals surface area contributed by atoms with Crippen LogP contribution in [0.1, 0.15) is 58.3 Å². The molecule has 2 aromatic rings. The minimum atomic E-state index is -2.76. The van der Waals surface area contributed by atoms with E-state index in [4.69, 9.17) is 19.8 Å². The highest BCUT2D eigenvalue weighted by Crippen LogP contribution is 2.37. The van der Waals surface area contributed by atoms with Gasteiger partial charge in [-0.3, -0.25) is 0 Å². The predicted molar refractivity (Wildman–Crippen MR) is 105 cm³/mol. The van der Waals surface area contributed by atoms with E-state index in [0.717, 1.165) is 18.2 Å². The minimum absolute atomic E-state index is 0.0421. The molecular formula is C20H24BF3N2O3. The highest BCUT2D eigenvalue weighted by molar-refractivity contribution is 6.62. The van der Waals surface area contributed by atoms with Crippen molar-refractivity contribution < 1.29 is 27.2 Å². The lowest BCUT2D eigenvalue weighted by molar-refractivity contribution is 0.00578. The first-order chi connectivity index (χ1) is 13.4. The zero-order valence-corrected chi connectivity index (χ0v) is 17.0. The fraction of sp³-hybridized carbons (Fsp3) is 0.450. The summed E-state index contributed by atoms with van der Waals surface area (Å²) in [7, 11) is -0.684. The third-order valence-corrected chi connectivity index (χ3v) is 5.45. The van der Waals surface area contributed by atoms with E-state index in [2.05, 4.69) is 4.98 Å². The summed E-state index contributed by atoms with van der Waals surface area (Å²) in [4.78, 5) is 4.11. The molecule has 29 heavy (non-hydrogen) atoms. The smallest absolute Gasteiger partial charge is 0.482 e. The van der Waals surface area contributed by atoms with Gasteiger partial charge in [0, 0.05) is 22.8 Å². The van der Waals surface area contributed by atoms with Gasteiger partial charge in [0.15, 0.2) is 11.6 Å². The van der Waals surface area contributed by atoms with Gasteiger partial charge >= 0.3 is 7.12 Å². The molecule has 0 bridgehead atoms. The van der Waals surface area contributed by atoms with Crippen LogP contribution in [0.25, 0.3) is 0 Å². The summed E-state index contributed by atoms with van der Waals surface area (Å²) in [5.74, 6) is -0.377. The van der Waals surface area contributed by atoms with E-state index in [-0.39, 0.29) is 22.7 Å². The van der Waals surface area contributed by atoms with Crippen LogP contribution in [0.5, 0.6) is 5.75 Å². The molecule has 0 saturated carbocycles. The van der Waals surface area contributed by atoms with Crippen molar-refractivity contribution in [3.05, 3.63) is 47.4 Å². The molecule has 1 aliphatic heterocycles. The molecule has 1 unspecified atom stereocenters. The van der Waals surface area contributed by atoms with Crippen molar-refractivity contribution in [3.63, 3.8) is 0 Å². The molecule has 1 atom stereocenters. The molecule has 1 aromatic carbocycles. The summed E-state index contributed by atoms with van der Waals surface area (Å²) in [6.45, 7) is 9.24. The summed E-state index contributed by atoms with van der Waals surface area (Å²) in [6.07, 6.45) is -2.13. The molecule has 1 saturated heterocycles.